The Morgan fingerprint density at radius 1 is 1.07 bits per heavy atom. The van der Waals surface area contributed by atoms with E-state index in [4.69, 9.17) is 19.4 Å². The van der Waals surface area contributed by atoms with E-state index in [0.29, 0.717) is 56.4 Å². The lowest BCUT2D eigenvalue weighted by molar-refractivity contribution is -0.155. The van der Waals surface area contributed by atoms with Crippen molar-refractivity contribution in [3.63, 3.8) is 0 Å². The van der Waals surface area contributed by atoms with Gasteiger partial charge in [0.15, 0.2) is 0 Å². The monoisotopic (exact) mass is 990 g/mol. The van der Waals surface area contributed by atoms with E-state index in [-0.39, 0.29) is 66.7 Å². The minimum Gasteiger partial charge on any atom is -0.464 e. The van der Waals surface area contributed by atoms with E-state index in [1.807, 2.05) is 30.2 Å². The molecule has 8 atom stereocenters. The summed E-state index contributed by atoms with van der Waals surface area (Å²) >= 11 is 1.44. The smallest absolute Gasteiger partial charge is 0.324 e. The van der Waals surface area contributed by atoms with E-state index in [0.717, 1.165) is 83.2 Å². The molecule has 4 aliphatic heterocycles. The molecule has 3 N–H and O–H groups in total. The number of hydrogen-bond donors (Lipinski definition) is 3. The molecular formula is C54H71N9O7S. The number of hydrogen-bond acceptors (Lipinski definition) is 12. The molecule has 10 rings (SSSR count). The van der Waals surface area contributed by atoms with Crippen LogP contribution in [0.2, 0.25) is 0 Å². The Morgan fingerprint density at radius 3 is 2.61 bits per heavy atom. The average Bonchev–Trinajstić information content (AvgIpc) is 4.16. The number of hydrazine groups is 1. The van der Waals surface area contributed by atoms with Crippen LogP contribution in [0.4, 0.5) is 0 Å². The van der Waals surface area contributed by atoms with E-state index < -0.39 is 35.4 Å². The van der Waals surface area contributed by atoms with Crippen LogP contribution in [0, 0.1) is 29.1 Å². The number of aromatic nitrogens is 3. The van der Waals surface area contributed by atoms with Crippen molar-refractivity contribution in [3.05, 3.63) is 58.2 Å². The van der Waals surface area contributed by atoms with Crippen molar-refractivity contribution in [1.82, 2.24) is 45.4 Å². The molecule has 7 heterocycles. The van der Waals surface area contributed by atoms with Crippen LogP contribution < -0.4 is 16.1 Å². The highest BCUT2D eigenvalue weighted by atomic mass is 32.1. The zero-order valence-corrected chi connectivity index (χ0v) is 43.2. The molecule has 380 valence electrons. The molecule has 17 heteroatoms. The summed E-state index contributed by atoms with van der Waals surface area (Å²) in [6.45, 7) is 12.4. The van der Waals surface area contributed by atoms with Crippen LogP contribution in [0.1, 0.15) is 108 Å². The van der Waals surface area contributed by atoms with Gasteiger partial charge in [-0.25, -0.2) is 10.4 Å². The first-order valence-corrected chi connectivity index (χ1v) is 27.0. The number of likely N-dealkylation sites (tertiary alicyclic amines) is 1. The van der Waals surface area contributed by atoms with Crippen LogP contribution >= 0.6 is 11.3 Å². The van der Waals surface area contributed by atoms with Gasteiger partial charge in [0.2, 0.25) is 17.7 Å². The topological polar surface area (TPSA) is 190 Å². The van der Waals surface area contributed by atoms with Crippen LogP contribution in [-0.4, -0.2) is 130 Å². The van der Waals surface area contributed by atoms with Gasteiger partial charge in [-0.3, -0.25) is 39.3 Å². The molecular weight excluding hydrogens is 919 g/mol. The van der Waals surface area contributed by atoms with Crippen molar-refractivity contribution in [3.8, 4) is 22.5 Å². The molecule has 2 saturated carbocycles. The Kier molecular flexibility index (Phi) is 13.9. The highest BCUT2D eigenvalue weighted by Gasteiger charge is 2.54. The van der Waals surface area contributed by atoms with Gasteiger partial charge in [0.05, 0.1) is 40.7 Å². The number of likely N-dealkylation sites (N-methyl/N-ethyl adjacent to an activating group) is 1. The van der Waals surface area contributed by atoms with Crippen molar-refractivity contribution in [2.45, 2.75) is 142 Å². The van der Waals surface area contributed by atoms with Crippen molar-refractivity contribution in [1.29, 1.82) is 0 Å². The standard InChI is InChI=1S/C54H71N9O7S/c1-8-62-42-20-19-34-23-36(42)37(48(62)35-15-11-21-55-44(35)31(3)69-7)25-54(4,5)29-70-53(68)39-16-12-22-63(59-39)51(66)40(24-43-56-41(34)28-71-43)57-49(64)47(33-13-9-10-14-33)60(6)50(65)38-27-61(26-30(38)2)52(67)46-45(58-46)32-17-18-32/h11,15,19-21,23,28,30-33,38-40,45-47,58-59H,8-10,12-14,16-18,22,24-27,29H2,1-7H3,(H,57,64)/t30-,31+,38+,39+,40+,45-,46-,47?/m1/s1. The number of carbonyl (C=O) groups is 5. The summed E-state index contributed by atoms with van der Waals surface area (Å²) in [4.78, 5) is 85.5. The zero-order valence-electron chi connectivity index (χ0n) is 42.4. The fraction of sp³-hybridized carbons (Fsp3) is 0.611. The number of benzene rings is 1. The molecule has 6 aliphatic rings. The van der Waals surface area contributed by atoms with Crippen LogP contribution in [0.15, 0.2) is 41.9 Å². The molecule has 5 fully saturated rings. The third kappa shape index (κ3) is 9.87. The summed E-state index contributed by atoms with van der Waals surface area (Å²) in [6, 6.07) is 7.93. The normalized spacial score (nSPS) is 26.7. The number of ether oxygens (including phenoxy) is 2. The van der Waals surface area contributed by atoms with Crippen LogP contribution in [0.3, 0.4) is 0 Å². The van der Waals surface area contributed by atoms with Crippen molar-refractivity contribution in [2.75, 3.05) is 40.4 Å². The number of thiazole rings is 1. The second kappa shape index (κ2) is 20.0. The summed E-state index contributed by atoms with van der Waals surface area (Å²) in [5.41, 5.74) is 9.40. The van der Waals surface area contributed by atoms with E-state index in [1.165, 1.54) is 16.3 Å². The lowest BCUT2D eigenvalue weighted by Crippen LogP contribution is -2.62. The largest absolute Gasteiger partial charge is 0.464 e. The Bertz CT molecular complexity index is 2690. The van der Waals surface area contributed by atoms with Gasteiger partial charge in [0.25, 0.3) is 5.91 Å². The summed E-state index contributed by atoms with van der Waals surface area (Å²) in [7, 11) is 3.41. The first-order chi connectivity index (χ1) is 34.1. The van der Waals surface area contributed by atoms with Gasteiger partial charge in [0, 0.05) is 91.8 Å². The van der Waals surface area contributed by atoms with Crippen molar-refractivity contribution in [2.24, 2.45) is 29.1 Å². The number of esters is 1. The molecule has 71 heavy (non-hydrogen) atoms. The third-order valence-electron chi connectivity index (χ3n) is 16.3. The lowest BCUT2D eigenvalue weighted by Gasteiger charge is -2.37. The van der Waals surface area contributed by atoms with Crippen LogP contribution in [0.5, 0.6) is 0 Å². The number of nitrogens with zero attached hydrogens (tertiary/aromatic N) is 6. The Morgan fingerprint density at radius 2 is 1.86 bits per heavy atom. The fourth-order valence-electron chi connectivity index (χ4n) is 12.1. The number of cyclic esters (lactones) is 1. The fourth-order valence-corrected chi connectivity index (χ4v) is 13.0. The number of carbonyl (C=O) groups excluding carboxylic acids is 5. The van der Waals surface area contributed by atoms with E-state index in [9.17, 15) is 19.2 Å². The molecule has 3 aromatic heterocycles. The molecule has 16 nitrogen and oxygen atoms in total. The number of fused-ring (bicyclic) bond motifs is 6. The number of pyridine rings is 1. The van der Waals surface area contributed by atoms with E-state index >= 15 is 4.79 Å². The van der Waals surface area contributed by atoms with Gasteiger partial charge in [-0.1, -0.05) is 39.7 Å². The quantitative estimate of drug-likeness (QED) is 0.117. The Labute approximate surface area is 420 Å². The summed E-state index contributed by atoms with van der Waals surface area (Å²) in [6.07, 6.45) is 9.03. The molecule has 4 amide bonds. The first-order valence-electron chi connectivity index (χ1n) is 26.1. The number of rotatable bonds is 11. The lowest BCUT2D eigenvalue weighted by atomic mass is 9.84. The molecule has 1 unspecified atom stereocenters. The molecule has 6 bridgehead atoms. The SMILES string of the molecule is CCn1c(-c2cccnc2[C@H](C)OC)c2c3cc(ccc31)-c1csc(n1)C[C@H](NC(=O)C(C1CCCC1)N(C)C(=O)[C@H]1CN(C(=O)[C@@H]3N[C@@H]3C3CC3)C[C@H]1C)C(=O)N1CCC[C@H](N1)C(=O)OCC(C)(C)C2. The van der Waals surface area contributed by atoms with Gasteiger partial charge in [-0.2, -0.15) is 0 Å². The molecule has 0 radical (unpaired) electrons. The molecule has 4 aromatic rings. The maximum atomic E-state index is 15.0. The molecule has 1 aromatic carbocycles. The number of aryl methyl sites for hydroxylation is 1. The number of methoxy groups -OCH3 is 1. The minimum absolute atomic E-state index is 0.0692. The van der Waals surface area contributed by atoms with Gasteiger partial charge < -0.3 is 29.2 Å². The van der Waals surface area contributed by atoms with Crippen LogP contribution in [0.25, 0.3) is 33.4 Å². The highest BCUT2D eigenvalue weighted by Crippen LogP contribution is 2.43. The maximum Gasteiger partial charge on any atom is 0.324 e. The molecule has 2 aliphatic carbocycles. The summed E-state index contributed by atoms with van der Waals surface area (Å²) in [5.74, 6) is -1.34. The summed E-state index contributed by atoms with van der Waals surface area (Å²) < 4.78 is 14.3. The Hall–Kier alpha value is -5.23. The summed E-state index contributed by atoms with van der Waals surface area (Å²) in [5, 5.41) is 11.7. The Balaban J connectivity index is 0.972. The molecule has 3 saturated heterocycles. The van der Waals surface area contributed by atoms with Gasteiger partial charge in [-0.15, -0.1) is 11.3 Å². The van der Waals surface area contributed by atoms with Crippen LogP contribution in [-0.2, 0) is 52.8 Å². The second-order valence-electron chi connectivity index (χ2n) is 22.0. The predicted octanol–water partition coefficient (Wildman–Crippen LogP) is 6.06. The van der Waals surface area contributed by atoms with E-state index in [1.54, 1.807) is 25.3 Å². The third-order valence-corrected chi connectivity index (χ3v) is 17.2. The number of amides is 4. The van der Waals surface area contributed by atoms with Gasteiger partial charge >= 0.3 is 5.97 Å². The average molecular weight is 990 g/mol. The van der Waals surface area contributed by atoms with Crippen molar-refractivity contribution >= 4 is 51.8 Å². The van der Waals surface area contributed by atoms with E-state index in [2.05, 4.69) is 65.7 Å². The number of nitrogens with one attached hydrogen (secondary N) is 3. The first kappa shape index (κ1) is 49.4. The second-order valence-corrected chi connectivity index (χ2v) is 23.0. The predicted molar refractivity (Wildman–Crippen MR) is 271 cm³/mol. The van der Waals surface area contributed by atoms with Crippen molar-refractivity contribution < 1.29 is 33.4 Å². The van der Waals surface area contributed by atoms with Gasteiger partial charge in [0.1, 0.15) is 24.2 Å². The maximum absolute atomic E-state index is 15.0. The molecule has 0 spiro atoms. The van der Waals surface area contributed by atoms with Gasteiger partial charge in [-0.05, 0) is 106 Å². The highest BCUT2D eigenvalue weighted by molar-refractivity contribution is 7.10. The minimum atomic E-state index is -1.06. The zero-order chi connectivity index (χ0) is 49.9.